The van der Waals surface area contributed by atoms with Crippen LogP contribution in [0.2, 0.25) is 0 Å². The van der Waals surface area contributed by atoms with Gasteiger partial charge in [0.15, 0.2) is 0 Å². The SMILES string of the molecule is CCc1cc(OCCCC(=O)[C@@H](N)CCCCN)ccc1CS. The lowest BCUT2D eigenvalue weighted by atomic mass is 10.0. The van der Waals surface area contributed by atoms with Crippen molar-refractivity contribution in [1.29, 1.82) is 0 Å². The molecule has 1 atom stereocenters. The first-order valence-corrected chi connectivity index (χ1v) is 9.09. The molecule has 0 saturated carbocycles. The van der Waals surface area contributed by atoms with Crippen LogP contribution in [0.15, 0.2) is 18.2 Å². The van der Waals surface area contributed by atoms with Crippen LogP contribution in [-0.4, -0.2) is 25.0 Å². The number of hydrogen-bond acceptors (Lipinski definition) is 5. The van der Waals surface area contributed by atoms with E-state index in [9.17, 15) is 4.79 Å². The van der Waals surface area contributed by atoms with Gasteiger partial charge in [-0.3, -0.25) is 4.79 Å². The van der Waals surface area contributed by atoms with Crippen LogP contribution >= 0.6 is 12.6 Å². The van der Waals surface area contributed by atoms with Crippen LogP contribution in [0.5, 0.6) is 5.75 Å². The molecular weight excluding hydrogens is 308 g/mol. The molecule has 0 fully saturated rings. The van der Waals surface area contributed by atoms with Crippen LogP contribution in [0, 0.1) is 0 Å². The number of aryl methyl sites for hydroxylation is 1. The average Bonchev–Trinajstić information content (AvgIpc) is 2.58. The fraction of sp³-hybridized carbons (Fsp3) is 0.611. The highest BCUT2D eigenvalue weighted by Crippen LogP contribution is 2.20. The lowest BCUT2D eigenvalue weighted by Gasteiger charge is -2.12. The molecule has 0 bridgehead atoms. The van der Waals surface area contributed by atoms with Crippen molar-refractivity contribution in [2.45, 2.75) is 57.2 Å². The molecule has 1 rings (SSSR count). The predicted molar refractivity (Wildman–Crippen MR) is 99.1 cm³/mol. The highest BCUT2D eigenvalue weighted by molar-refractivity contribution is 7.79. The molecule has 0 unspecified atom stereocenters. The maximum atomic E-state index is 11.9. The van der Waals surface area contributed by atoms with Crippen molar-refractivity contribution in [2.75, 3.05) is 13.2 Å². The maximum Gasteiger partial charge on any atom is 0.149 e. The Hall–Kier alpha value is -1.04. The molecule has 0 aliphatic carbocycles. The van der Waals surface area contributed by atoms with Gasteiger partial charge >= 0.3 is 0 Å². The van der Waals surface area contributed by atoms with Crippen molar-refractivity contribution in [3.63, 3.8) is 0 Å². The van der Waals surface area contributed by atoms with Gasteiger partial charge in [0, 0.05) is 12.2 Å². The van der Waals surface area contributed by atoms with Crippen LogP contribution in [-0.2, 0) is 17.0 Å². The summed E-state index contributed by atoms with van der Waals surface area (Å²) in [5.74, 6) is 1.71. The van der Waals surface area contributed by atoms with Crippen LogP contribution < -0.4 is 16.2 Å². The largest absolute Gasteiger partial charge is 0.494 e. The third kappa shape index (κ3) is 7.38. The van der Waals surface area contributed by atoms with Gasteiger partial charge in [0.2, 0.25) is 0 Å². The van der Waals surface area contributed by atoms with E-state index >= 15 is 0 Å². The van der Waals surface area contributed by atoms with E-state index < -0.39 is 0 Å². The Kier molecular flexibility index (Phi) is 9.99. The quantitative estimate of drug-likeness (QED) is 0.404. The molecule has 1 aromatic carbocycles. The van der Waals surface area contributed by atoms with Gasteiger partial charge in [0.25, 0.3) is 0 Å². The molecule has 4 N–H and O–H groups in total. The molecule has 0 radical (unpaired) electrons. The summed E-state index contributed by atoms with van der Waals surface area (Å²) in [6.07, 6.45) is 4.69. The Morgan fingerprint density at radius 1 is 1.26 bits per heavy atom. The Balaban J connectivity index is 2.30. The number of nitrogens with two attached hydrogens (primary N) is 2. The number of benzene rings is 1. The molecule has 5 heteroatoms. The number of carbonyl (C=O) groups is 1. The summed E-state index contributed by atoms with van der Waals surface area (Å²) in [5.41, 5.74) is 13.8. The van der Waals surface area contributed by atoms with Crippen molar-refractivity contribution < 1.29 is 9.53 Å². The number of ketones is 1. The molecule has 0 aliphatic rings. The Labute approximate surface area is 145 Å². The molecule has 4 nitrogen and oxygen atoms in total. The minimum Gasteiger partial charge on any atom is -0.494 e. The van der Waals surface area contributed by atoms with Gasteiger partial charge < -0.3 is 16.2 Å². The first-order chi connectivity index (χ1) is 11.1. The number of ether oxygens (including phenoxy) is 1. The maximum absolute atomic E-state index is 11.9. The van der Waals surface area contributed by atoms with Gasteiger partial charge in [0.05, 0.1) is 12.6 Å². The number of Topliss-reactive ketones (excluding diaryl/α,β-unsaturated/α-hetero) is 1. The first-order valence-electron chi connectivity index (χ1n) is 8.46. The van der Waals surface area contributed by atoms with Crippen LogP contribution in [0.4, 0.5) is 0 Å². The van der Waals surface area contributed by atoms with E-state index in [0.717, 1.165) is 37.2 Å². The number of unbranched alkanes of at least 4 members (excludes halogenated alkanes) is 1. The lowest BCUT2D eigenvalue weighted by Crippen LogP contribution is -2.30. The second kappa shape index (κ2) is 11.5. The van der Waals surface area contributed by atoms with E-state index in [1.165, 1.54) is 11.1 Å². The fourth-order valence-corrected chi connectivity index (χ4v) is 2.78. The summed E-state index contributed by atoms with van der Waals surface area (Å²) >= 11 is 4.33. The molecular formula is C18H30N2O2S. The van der Waals surface area contributed by atoms with Crippen LogP contribution in [0.25, 0.3) is 0 Å². The van der Waals surface area contributed by atoms with Gasteiger partial charge in [0.1, 0.15) is 11.5 Å². The first kappa shape index (κ1) is 20.0. The molecule has 1 aromatic rings. The van der Waals surface area contributed by atoms with Crippen molar-refractivity contribution >= 4 is 18.4 Å². The van der Waals surface area contributed by atoms with Crippen LogP contribution in [0.3, 0.4) is 0 Å². The highest BCUT2D eigenvalue weighted by Gasteiger charge is 2.12. The van der Waals surface area contributed by atoms with Gasteiger partial charge in [-0.2, -0.15) is 12.6 Å². The van der Waals surface area contributed by atoms with Crippen molar-refractivity contribution in [2.24, 2.45) is 11.5 Å². The highest BCUT2D eigenvalue weighted by atomic mass is 32.1. The topological polar surface area (TPSA) is 78.3 Å². The molecule has 0 aliphatic heterocycles. The van der Waals surface area contributed by atoms with Crippen molar-refractivity contribution in [1.82, 2.24) is 0 Å². The molecule has 0 heterocycles. The third-order valence-electron chi connectivity index (χ3n) is 3.95. The van der Waals surface area contributed by atoms with Gasteiger partial charge in [-0.1, -0.05) is 19.4 Å². The summed E-state index contributed by atoms with van der Waals surface area (Å²) in [4.78, 5) is 11.9. The van der Waals surface area contributed by atoms with E-state index in [1.54, 1.807) is 0 Å². The summed E-state index contributed by atoms with van der Waals surface area (Å²) < 4.78 is 5.74. The molecule has 0 spiro atoms. The van der Waals surface area contributed by atoms with Crippen LogP contribution in [0.1, 0.15) is 50.2 Å². The molecule has 23 heavy (non-hydrogen) atoms. The summed E-state index contributed by atoms with van der Waals surface area (Å²) in [5, 5.41) is 0. The summed E-state index contributed by atoms with van der Waals surface area (Å²) in [6.45, 7) is 3.31. The van der Waals surface area contributed by atoms with Gasteiger partial charge in [-0.05, 0) is 55.5 Å². The Morgan fingerprint density at radius 2 is 2.04 bits per heavy atom. The normalized spacial score (nSPS) is 12.2. The monoisotopic (exact) mass is 338 g/mol. The fourth-order valence-electron chi connectivity index (χ4n) is 2.47. The van der Waals surface area contributed by atoms with E-state index in [4.69, 9.17) is 16.2 Å². The van der Waals surface area contributed by atoms with E-state index in [-0.39, 0.29) is 11.8 Å². The minimum atomic E-state index is -0.358. The smallest absolute Gasteiger partial charge is 0.149 e. The van der Waals surface area contributed by atoms with Gasteiger partial charge in [-0.15, -0.1) is 0 Å². The third-order valence-corrected chi connectivity index (χ3v) is 4.29. The average molecular weight is 339 g/mol. The van der Waals surface area contributed by atoms with E-state index in [0.29, 0.717) is 26.0 Å². The van der Waals surface area contributed by atoms with Crippen molar-refractivity contribution in [3.8, 4) is 5.75 Å². The predicted octanol–water partition coefficient (Wildman–Crippen LogP) is 2.86. The zero-order valence-corrected chi connectivity index (χ0v) is 15.0. The molecule has 0 aromatic heterocycles. The molecule has 0 saturated heterocycles. The van der Waals surface area contributed by atoms with Gasteiger partial charge in [-0.25, -0.2) is 0 Å². The minimum absolute atomic E-state index is 0.116. The van der Waals surface area contributed by atoms with E-state index in [2.05, 4.69) is 31.7 Å². The Morgan fingerprint density at radius 3 is 2.70 bits per heavy atom. The zero-order valence-electron chi connectivity index (χ0n) is 14.1. The summed E-state index contributed by atoms with van der Waals surface area (Å²) in [6, 6.07) is 5.72. The molecule has 0 amide bonds. The lowest BCUT2D eigenvalue weighted by molar-refractivity contribution is -0.120. The second-order valence-corrected chi connectivity index (χ2v) is 6.07. The standard InChI is InChI=1S/C18H30N2O2S/c1-2-14-12-16(9-8-15(14)13-23)22-11-5-7-18(21)17(20)6-3-4-10-19/h8-9,12,17,23H,2-7,10-11,13,19-20H2,1H3/t17-/m0/s1. The summed E-state index contributed by atoms with van der Waals surface area (Å²) in [7, 11) is 0. The number of rotatable bonds is 12. The van der Waals surface area contributed by atoms with Crippen molar-refractivity contribution in [3.05, 3.63) is 29.3 Å². The number of hydrogen-bond donors (Lipinski definition) is 3. The second-order valence-electron chi connectivity index (χ2n) is 5.75. The number of carbonyl (C=O) groups excluding carboxylic acids is 1. The zero-order chi connectivity index (χ0) is 17.1. The van der Waals surface area contributed by atoms with E-state index in [1.807, 2.05) is 6.07 Å². The molecule has 130 valence electrons. The Bertz CT molecular complexity index is 480. The number of thiol groups is 1.